The van der Waals surface area contributed by atoms with E-state index in [1.165, 1.54) is 4.88 Å². The molecule has 0 aliphatic carbocycles. The molecule has 0 saturated heterocycles. The van der Waals surface area contributed by atoms with Crippen LogP contribution in [0.5, 0.6) is 0 Å². The first-order valence-corrected chi connectivity index (χ1v) is 8.82. The molecule has 1 unspecified atom stereocenters. The number of hydrogen-bond donors (Lipinski definition) is 3. The third-order valence-corrected chi connectivity index (χ3v) is 4.38. The first-order valence-electron chi connectivity index (χ1n) is 7.94. The number of thiophene rings is 1. The molecule has 0 aliphatic rings. The van der Waals surface area contributed by atoms with Gasteiger partial charge in [-0.25, -0.2) is 4.99 Å². The lowest BCUT2D eigenvalue weighted by Crippen LogP contribution is -2.39. The Labute approximate surface area is 146 Å². The highest BCUT2D eigenvalue weighted by molar-refractivity contribution is 7.10. The Morgan fingerprint density at radius 3 is 2.88 bits per heavy atom. The van der Waals surface area contributed by atoms with Gasteiger partial charge in [0, 0.05) is 30.1 Å². The van der Waals surface area contributed by atoms with Gasteiger partial charge in [-0.05, 0) is 30.5 Å². The van der Waals surface area contributed by atoms with E-state index in [1.807, 2.05) is 6.92 Å². The van der Waals surface area contributed by atoms with Crippen molar-refractivity contribution in [2.24, 2.45) is 4.99 Å². The van der Waals surface area contributed by atoms with Gasteiger partial charge in [0.15, 0.2) is 5.96 Å². The van der Waals surface area contributed by atoms with Gasteiger partial charge in [-0.1, -0.05) is 13.0 Å². The molecular formula is C17H23N5OS. The number of carbonyl (C=O) groups excluding carboxylic acids is 1. The average molecular weight is 345 g/mol. The number of aromatic nitrogens is 1. The highest BCUT2D eigenvalue weighted by atomic mass is 32.1. The molecule has 0 saturated carbocycles. The van der Waals surface area contributed by atoms with E-state index in [-0.39, 0.29) is 12.5 Å². The number of amides is 1. The third-order valence-electron chi connectivity index (χ3n) is 3.27. The van der Waals surface area contributed by atoms with Gasteiger partial charge in [-0.3, -0.25) is 9.78 Å². The quantitative estimate of drug-likeness (QED) is 0.532. The maximum Gasteiger partial charge on any atom is 0.246 e. The van der Waals surface area contributed by atoms with E-state index in [0.29, 0.717) is 17.6 Å². The van der Waals surface area contributed by atoms with E-state index >= 15 is 0 Å². The molecule has 1 atom stereocenters. The molecule has 2 aromatic heterocycles. The Kier molecular flexibility index (Phi) is 7.22. The van der Waals surface area contributed by atoms with Gasteiger partial charge < -0.3 is 16.0 Å². The minimum Gasteiger partial charge on any atom is -0.357 e. The Hall–Kier alpha value is -2.41. The van der Waals surface area contributed by atoms with Gasteiger partial charge in [0.05, 0.1) is 11.9 Å². The first kappa shape index (κ1) is 17.9. The minimum absolute atomic E-state index is 0.0532. The molecule has 128 valence electrons. The SMILES string of the molecule is CCNC(=NCC(=O)Nc1cccnc1)NCC(C)c1cccs1. The molecule has 3 N–H and O–H groups in total. The number of hydrogen-bond acceptors (Lipinski definition) is 4. The van der Waals surface area contributed by atoms with Crippen molar-refractivity contribution in [3.63, 3.8) is 0 Å². The van der Waals surface area contributed by atoms with Gasteiger partial charge in [-0.15, -0.1) is 11.3 Å². The minimum atomic E-state index is -0.175. The summed E-state index contributed by atoms with van der Waals surface area (Å²) >= 11 is 1.75. The maximum absolute atomic E-state index is 11.9. The number of aliphatic imine (C=N–C) groups is 1. The summed E-state index contributed by atoms with van der Waals surface area (Å²) in [5.41, 5.74) is 0.668. The predicted molar refractivity (Wildman–Crippen MR) is 99.6 cm³/mol. The summed E-state index contributed by atoms with van der Waals surface area (Å²) in [6.07, 6.45) is 3.27. The van der Waals surface area contributed by atoms with Crippen LogP contribution in [0.25, 0.3) is 0 Å². The zero-order valence-electron chi connectivity index (χ0n) is 14.0. The van der Waals surface area contributed by atoms with Gasteiger partial charge >= 0.3 is 0 Å². The smallest absolute Gasteiger partial charge is 0.246 e. The van der Waals surface area contributed by atoms with Crippen LogP contribution in [0.15, 0.2) is 47.0 Å². The topological polar surface area (TPSA) is 78.4 Å². The molecule has 2 aromatic rings. The van der Waals surface area contributed by atoms with E-state index in [1.54, 1.807) is 35.9 Å². The normalized spacial score (nSPS) is 12.5. The molecule has 0 radical (unpaired) electrons. The van der Waals surface area contributed by atoms with Crippen molar-refractivity contribution >= 4 is 28.9 Å². The van der Waals surface area contributed by atoms with Gasteiger partial charge in [0.1, 0.15) is 6.54 Å². The molecule has 0 aliphatic heterocycles. The van der Waals surface area contributed by atoms with Crippen LogP contribution in [0, 0.1) is 0 Å². The molecule has 0 bridgehead atoms. The highest BCUT2D eigenvalue weighted by Crippen LogP contribution is 2.19. The number of nitrogens with one attached hydrogen (secondary N) is 3. The van der Waals surface area contributed by atoms with Crippen LogP contribution < -0.4 is 16.0 Å². The molecule has 0 aromatic carbocycles. The molecule has 7 heteroatoms. The molecule has 6 nitrogen and oxygen atoms in total. The first-order chi connectivity index (χ1) is 11.7. The summed E-state index contributed by atoms with van der Waals surface area (Å²) in [7, 11) is 0. The fraction of sp³-hybridized carbons (Fsp3) is 0.353. The van der Waals surface area contributed by atoms with Crippen LogP contribution in [0.4, 0.5) is 5.69 Å². The van der Waals surface area contributed by atoms with Gasteiger partial charge in [-0.2, -0.15) is 0 Å². The van der Waals surface area contributed by atoms with Crippen molar-refractivity contribution in [1.82, 2.24) is 15.6 Å². The fourth-order valence-corrected chi connectivity index (χ4v) is 2.84. The summed E-state index contributed by atoms with van der Waals surface area (Å²) in [5, 5.41) is 11.3. The van der Waals surface area contributed by atoms with Crippen molar-refractivity contribution < 1.29 is 4.79 Å². The second kappa shape index (κ2) is 9.67. The van der Waals surface area contributed by atoms with Crippen molar-refractivity contribution in [2.75, 3.05) is 25.0 Å². The van der Waals surface area contributed by atoms with Crippen molar-refractivity contribution in [2.45, 2.75) is 19.8 Å². The summed E-state index contributed by atoms with van der Waals surface area (Å²) < 4.78 is 0. The molecule has 0 fully saturated rings. The van der Waals surface area contributed by atoms with E-state index < -0.39 is 0 Å². The number of guanidine groups is 1. The number of nitrogens with zero attached hydrogens (tertiary/aromatic N) is 2. The number of pyridine rings is 1. The molecule has 1 amide bonds. The van der Waals surface area contributed by atoms with Crippen LogP contribution in [0.3, 0.4) is 0 Å². The van der Waals surface area contributed by atoms with E-state index in [4.69, 9.17) is 0 Å². The summed E-state index contributed by atoms with van der Waals surface area (Å²) in [5.74, 6) is 0.854. The van der Waals surface area contributed by atoms with E-state index in [9.17, 15) is 4.79 Å². The van der Waals surface area contributed by atoms with E-state index in [2.05, 4.69) is 50.4 Å². The summed E-state index contributed by atoms with van der Waals surface area (Å²) in [4.78, 5) is 21.6. The Morgan fingerprint density at radius 2 is 2.21 bits per heavy atom. The number of carbonyl (C=O) groups is 1. The van der Waals surface area contributed by atoms with Crippen LogP contribution >= 0.6 is 11.3 Å². The molecular weight excluding hydrogens is 322 g/mol. The third kappa shape index (κ3) is 6.00. The Morgan fingerprint density at radius 1 is 1.33 bits per heavy atom. The fourth-order valence-electron chi connectivity index (χ4n) is 2.05. The summed E-state index contributed by atoms with van der Waals surface area (Å²) in [6, 6.07) is 7.75. The Balaban J connectivity index is 1.84. The lowest BCUT2D eigenvalue weighted by atomic mass is 10.1. The van der Waals surface area contributed by atoms with Crippen LogP contribution in [-0.4, -0.2) is 36.5 Å². The largest absolute Gasteiger partial charge is 0.357 e. The lowest BCUT2D eigenvalue weighted by molar-refractivity contribution is -0.114. The molecule has 2 rings (SSSR count). The standard InChI is InChI=1S/C17H23N5OS/c1-3-19-17(20-10-13(2)15-7-5-9-24-15)21-12-16(23)22-14-6-4-8-18-11-14/h4-9,11,13H,3,10,12H2,1-2H3,(H,22,23)(H2,19,20,21). The molecule has 2 heterocycles. The molecule has 0 spiro atoms. The summed E-state index contributed by atoms with van der Waals surface area (Å²) in [6.45, 7) is 5.71. The zero-order valence-corrected chi connectivity index (χ0v) is 14.8. The second-order valence-electron chi connectivity index (χ2n) is 5.28. The lowest BCUT2D eigenvalue weighted by Gasteiger charge is -2.15. The van der Waals surface area contributed by atoms with Crippen LogP contribution in [0.2, 0.25) is 0 Å². The van der Waals surface area contributed by atoms with Crippen molar-refractivity contribution in [3.8, 4) is 0 Å². The highest BCUT2D eigenvalue weighted by Gasteiger charge is 2.08. The number of anilines is 1. The average Bonchev–Trinajstić information content (AvgIpc) is 3.12. The van der Waals surface area contributed by atoms with Gasteiger partial charge in [0.2, 0.25) is 5.91 Å². The monoisotopic (exact) mass is 345 g/mol. The van der Waals surface area contributed by atoms with Gasteiger partial charge in [0.25, 0.3) is 0 Å². The van der Waals surface area contributed by atoms with E-state index in [0.717, 1.165) is 13.1 Å². The second-order valence-corrected chi connectivity index (χ2v) is 6.26. The Bertz CT molecular complexity index is 642. The van der Waals surface area contributed by atoms with Crippen LogP contribution in [0.1, 0.15) is 24.6 Å². The van der Waals surface area contributed by atoms with Crippen molar-refractivity contribution in [3.05, 3.63) is 46.9 Å². The maximum atomic E-state index is 11.9. The number of rotatable bonds is 7. The zero-order chi connectivity index (χ0) is 17.2. The van der Waals surface area contributed by atoms with Crippen LogP contribution in [-0.2, 0) is 4.79 Å². The predicted octanol–water partition coefficient (Wildman–Crippen LogP) is 2.44. The molecule has 24 heavy (non-hydrogen) atoms. The van der Waals surface area contributed by atoms with Crippen molar-refractivity contribution in [1.29, 1.82) is 0 Å².